The summed E-state index contributed by atoms with van der Waals surface area (Å²) in [4.78, 5) is 16.1. The third kappa shape index (κ3) is 4.61. The molecule has 0 saturated carbocycles. The Balaban J connectivity index is 2.24. The van der Waals surface area contributed by atoms with Crippen LogP contribution in [0.4, 0.5) is 0 Å². The second kappa shape index (κ2) is 7.63. The fraction of sp³-hybridized carbons (Fsp3) is 0.917. The number of rotatable bonds is 7. The lowest BCUT2D eigenvalue weighted by Crippen LogP contribution is -2.45. The van der Waals surface area contributed by atoms with Crippen LogP contribution in [0.1, 0.15) is 19.8 Å². The standard InChI is InChI=1S/C12H25N3O2/c1-11(12(16)15-6-3-4-7-15)14(2)8-10-17-9-5-13/h11H,3-10,13H2,1-2H3. The second-order valence-electron chi connectivity index (χ2n) is 4.59. The largest absolute Gasteiger partial charge is 0.379 e. The molecule has 1 unspecified atom stereocenters. The first-order chi connectivity index (χ1) is 8.16. The zero-order valence-electron chi connectivity index (χ0n) is 11.0. The van der Waals surface area contributed by atoms with Crippen LogP contribution in [-0.4, -0.2) is 68.2 Å². The molecule has 1 amide bonds. The van der Waals surface area contributed by atoms with Gasteiger partial charge in [0.05, 0.1) is 19.3 Å². The van der Waals surface area contributed by atoms with Crippen LogP contribution >= 0.6 is 0 Å². The zero-order valence-corrected chi connectivity index (χ0v) is 11.0. The Hall–Kier alpha value is -0.650. The minimum absolute atomic E-state index is 0.0606. The van der Waals surface area contributed by atoms with Crippen LogP contribution in [0, 0.1) is 0 Å². The maximum atomic E-state index is 12.1. The lowest BCUT2D eigenvalue weighted by atomic mass is 10.2. The summed E-state index contributed by atoms with van der Waals surface area (Å²) in [6.45, 7) is 6.32. The highest BCUT2D eigenvalue weighted by atomic mass is 16.5. The van der Waals surface area contributed by atoms with Gasteiger partial charge < -0.3 is 15.4 Å². The van der Waals surface area contributed by atoms with E-state index in [1.807, 2.05) is 23.8 Å². The molecule has 100 valence electrons. The number of hydrogen-bond donors (Lipinski definition) is 1. The van der Waals surface area contributed by atoms with E-state index < -0.39 is 0 Å². The molecule has 0 aromatic carbocycles. The van der Waals surface area contributed by atoms with E-state index in [0.717, 1.165) is 32.5 Å². The number of nitrogens with zero attached hydrogens (tertiary/aromatic N) is 2. The van der Waals surface area contributed by atoms with Crippen molar-refractivity contribution in [2.45, 2.75) is 25.8 Å². The van der Waals surface area contributed by atoms with Crippen LogP contribution in [-0.2, 0) is 9.53 Å². The van der Waals surface area contributed by atoms with Crippen molar-refractivity contribution < 1.29 is 9.53 Å². The average Bonchev–Trinajstić information content (AvgIpc) is 2.86. The van der Waals surface area contributed by atoms with E-state index in [9.17, 15) is 4.79 Å². The summed E-state index contributed by atoms with van der Waals surface area (Å²) in [5.41, 5.74) is 5.34. The van der Waals surface area contributed by atoms with E-state index in [1.165, 1.54) is 0 Å². The molecule has 5 nitrogen and oxygen atoms in total. The van der Waals surface area contributed by atoms with Gasteiger partial charge in [-0.15, -0.1) is 0 Å². The fourth-order valence-corrected chi connectivity index (χ4v) is 1.98. The Kier molecular flexibility index (Phi) is 6.47. The first-order valence-corrected chi connectivity index (χ1v) is 6.43. The Bertz CT molecular complexity index is 230. The Labute approximate surface area is 104 Å². The smallest absolute Gasteiger partial charge is 0.239 e. The summed E-state index contributed by atoms with van der Waals surface area (Å²) in [6.07, 6.45) is 2.28. The lowest BCUT2D eigenvalue weighted by molar-refractivity contribution is -0.135. The SMILES string of the molecule is CC(C(=O)N1CCCC1)N(C)CCOCCN. The third-order valence-electron chi connectivity index (χ3n) is 3.29. The van der Waals surface area contributed by atoms with Crippen molar-refractivity contribution in [1.82, 2.24) is 9.80 Å². The highest BCUT2D eigenvalue weighted by molar-refractivity contribution is 5.81. The molecule has 1 rings (SSSR count). The molecule has 1 aliphatic rings. The molecule has 1 atom stereocenters. The molecule has 0 bridgehead atoms. The number of ether oxygens (including phenoxy) is 1. The number of carbonyl (C=O) groups is 1. The van der Waals surface area contributed by atoms with Gasteiger partial charge in [-0.3, -0.25) is 9.69 Å². The number of carbonyl (C=O) groups excluding carboxylic acids is 1. The predicted octanol–water partition coefficient (Wildman–Crippen LogP) is -0.0956. The summed E-state index contributed by atoms with van der Waals surface area (Å²) >= 11 is 0. The number of amides is 1. The number of likely N-dealkylation sites (N-methyl/N-ethyl adjacent to an activating group) is 1. The van der Waals surface area contributed by atoms with Crippen molar-refractivity contribution in [1.29, 1.82) is 0 Å². The van der Waals surface area contributed by atoms with Gasteiger partial charge in [-0.25, -0.2) is 0 Å². The van der Waals surface area contributed by atoms with Crippen molar-refractivity contribution >= 4 is 5.91 Å². The molecule has 1 aliphatic heterocycles. The maximum absolute atomic E-state index is 12.1. The van der Waals surface area contributed by atoms with Gasteiger partial charge in [0, 0.05) is 26.2 Å². The predicted molar refractivity (Wildman–Crippen MR) is 67.8 cm³/mol. The minimum Gasteiger partial charge on any atom is -0.379 e. The maximum Gasteiger partial charge on any atom is 0.239 e. The number of likely N-dealkylation sites (tertiary alicyclic amines) is 1. The van der Waals surface area contributed by atoms with Gasteiger partial charge in [-0.05, 0) is 26.8 Å². The summed E-state index contributed by atoms with van der Waals surface area (Å²) in [7, 11) is 1.96. The van der Waals surface area contributed by atoms with Gasteiger partial charge in [-0.1, -0.05) is 0 Å². The van der Waals surface area contributed by atoms with Crippen molar-refractivity contribution in [3.05, 3.63) is 0 Å². The van der Waals surface area contributed by atoms with Crippen LogP contribution in [0.15, 0.2) is 0 Å². The van der Waals surface area contributed by atoms with Crippen LogP contribution in [0.3, 0.4) is 0 Å². The Morgan fingerprint density at radius 3 is 2.65 bits per heavy atom. The first-order valence-electron chi connectivity index (χ1n) is 6.43. The van der Waals surface area contributed by atoms with E-state index in [2.05, 4.69) is 0 Å². The van der Waals surface area contributed by atoms with Crippen LogP contribution < -0.4 is 5.73 Å². The van der Waals surface area contributed by atoms with Crippen LogP contribution in [0.25, 0.3) is 0 Å². The molecule has 0 radical (unpaired) electrons. The summed E-state index contributed by atoms with van der Waals surface area (Å²) in [5.74, 6) is 0.240. The van der Waals surface area contributed by atoms with Crippen molar-refractivity contribution in [2.75, 3.05) is 46.4 Å². The molecular formula is C12H25N3O2. The average molecular weight is 243 g/mol. The number of hydrogen-bond acceptors (Lipinski definition) is 4. The fourth-order valence-electron chi connectivity index (χ4n) is 1.98. The van der Waals surface area contributed by atoms with Gasteiger partial charge in [0.1, 0.15) is 0 Å². The molecule has 0 aromatic rings. The van der Waals surface area contributed by atoms with Gasteiger partial charge >= 0.3 is 0 Å². The third-order valence-corrected chi connectivity index (χ3v) is 3.29. The van der Waals surface area contributed by atoms with Crippen LogP contribution in [0.5, 0.6) is 0 Å². The van der Waals surface area contributed by atoms with Crippen molar-refractivity contribution in [2.24, 2.45) is 5.73 Å². The highest BCUT2D eigenvalue weighted by Gasteiger charge is 2.25. The van der Waals surface area contributed by atoms with E-state index in [4.69, 9.17) is 10.5 Å². The molecule has 0 aromatic heterocycles. The zero-order chi connectivity index (χ0) is 12.7. The summed E-state index contributed by atoms with van der Waals surface area (Å²) < 4.78 is 5.32. The molecule has 1 heterocycles. The van der Waals surface area contributed by atoms with E-state index >= 15 is 0 Å². The van der Waals surface area contributed by atoms with Gasteiger partial charge in [-0.2, -0.15) is 0 Å². The summed E-state index contributed by atoms with van der Waals surface area (Å²) in [5, 5.41) is 0. The molecular weight excluding hydrogens is 218 g/mol. The quantitative estimate of drug-likeness (QED) is 0.635. The minimum atomic E-state index is -0.0606. The second-order valence-corrected chi connectivity index (χ2v) is 4.59. The van der Waals surface area contributed by atoms with Crippen molar-refractivity contribution in [3.63, 3.8) is 0 Å². The molecule has 0 spiro atoms. The molecule has 5 heteroatoms. The van der Waals surface area contributed by atoms with Crippen molar-refractivity contribution in [3.8, 4) is 0 Å². The Morgan fingerprint density at radius 1 is 1.41 bits per heavy atom. The van der Waals surface area contributed by atoms with E-state index in [-0.39, 0.29) is 11.9 Å². The molecule has 1 fully saturated rings. The van der Waals surface area contributed by atoms with E-state index in [0.29, 0.717) is 19.8 Å². The molecule has 17 heavy (non-hydrogen) atoms. The topological polar surface area (TPSA) is 58.8 Å². The monoisotopic (exact) mass is 243 g/mol. The summed E-state index contributed by atoms with van der Waals surface area (Å²) in [6, 6.07) is -0.0606. The molecule has 1 saturated heterocycles. The van der Waals surface area contributed by atoms with Gasteiger partial charge in [0.15, 0.2) is 0 Å². The van der Waals surface area contributed by atoms with Gasteiger partial charge in [0.25, 0.3) is 0 Å². The van der Waals surface area contributed by atoms with Gasteiger partial charge in [0.2, 0.25) is 5.91 Å². The molecule has 2 N–H and O–H groups in total. The highest BCUT2D eigenvalue weighted by Crippen LogP contribution is 2.11. The Morgan fingerprint density at radius 2 is 2.06 bits per heavy atom. The molecule has 0 aliphatic carbocycles. The number of nitrogens with two attached hydrogens (primary N) is 1. The first kappa shape index (κ1) is 14.4. The lowest BCUT2D eigenvalue weighted by Gasteiger charge is -2.27. The van der Waals surface area contributed by atoms with E-state index in [1.54, 1.807) is 0 Å². The normalized spacial score (nSPS) is 17.8. The van der Waals surface area contributed by atoms with Crippen LogP contribution in [0.2, 0.25) is 0 Å².